The largest absolute Gasteiger partial charge is 0.465 e. The summed E-state index contributed by atoms with van der Waals surface area (Å²) in [7, 11) is 3.03. The molecule has 1 aliphatic rings. The van der Waals surface area contributed by atoms with Crippen molar-refractivity contribution in [3.8, 4) is 0 Å². The molecule has 1 aromatic heterocycles. The fraction of sp³-hybridized carbons (Fsp3) is 0.588. The van der Waals surface area contributed by atoms with Gasteiger partial charge in [0, 0.05) is 18.8 Å². The molecule has 0 aromatic carbocycles. The highest BCUT2D eigenvalue weighted by Gasteiger charge is 2.24. The number of carbonyl (C=O) groups is 3. The van der Waals surface area contributed by atoms with Crippen LogP contribution in [-0.4, -0.2) is 86.0 Å². The van der Waals surface area contributed by atoms with E-state index in [4.69, 9.17) is 9.47 Å². The summed E-state index contributed by atoms with van der Waals surface area (Å²) >= 11 is 0. The molecule has 1 amide bonds. The van der Waals surface area contributed by atoms with Gasteiger partial charge >= 0.3 is 5.97 Å². The second kappa shape index (κ2) is 8.26. The van der Waals surface area contributed by atoms with E-state index in [0.29, 0.717) is 48.8 Å². The molecule has 1 aliphatic heterocycles. The molecule has 138 valence electrons. The molecule has 0 saturated carbocycles. The molecule has 0 bridgehead atoms. The lowest BCUT2D eigenvalue weighted by Crippen LogP contribution is -2.45. The van der Waals surface area contributed by atoms with Crippen LogP contribution in [0.4, 0.5) is 0 Å². The third kappa shape index (κ3) is 4.46. The van der Waals surface area contributed by atoms with Gasteiger partial charge in [0.1, 0.15) is 0 Å². The van der Waals surface area contributed by atoms with E-state index in [1.807, 2.05) is 0 Å². The number of nitrogens with zero attached hydrogens (tertiary/aromatic N) is 2. The number of hydrogen-bond acceptors (Lipinski definition) is 6. The fourth-order valence-electron chi connectivity index (χ4n) is 2.96. The Hall–Kier alpha value is -2.19. The molecule has 0 radical (unpaired) electrons. The van der Waals surface area contributed by atoms with Gasteiger partial charge in [0.25, 0.3) is 0 Å². The van der Waals surface area contributed by atoms with E-state index in [1.165, 1.54) is 7.11 Å². The monoisotopic (exact) mass is 351 g/mol. The predicted octanol–water partition coefficient (Wildman–Crippen LogP) is 0.391. The summed E-state index contributed by atoms with van der Waals surface area (Å²) in [6, 6.07) is 0. The van der Waals surface area contributed by atoms with Gasteiger partial charge in [-0.05, 0) is 26.5 Å². The van der Waals surface area contributed by atoms with Gasteiger partial charge in [-0.15, -0.1) is 0 Å². The molecule has 2 heterocycles. The van der Waals surface area contributed by atoms with Gasteiger partial charge in [0.2, 0.25) is 5.91 Å². The van der Waals surface area contributed by atoms with E-state index < -0.39 is 5.97 Å². The molecule has 0 atom stereocenters. The molecule has 1 N–H and O–H groups in total. The Morgan fingerprint density at radius 1 is 1.20 bits per heavy atom. The Balaban J connectivity index is 1.99. The smallest absolute Gasteiger partial charge is 0.339 e. The zero-order valence-corrected chi connectivity index (χ0v) is 15.2. The minimum atomic E-state index is -0.471. The highest BCUT2D eigenvalue weighted by Crippen LogP contribution is 2.19. The van der Waals surface area contributed by atoms with E-state index in [0.717, 1.165) is 0 Å². The van der Waals surface area contributed by atoms with Crippen LogP contribution in [0.3, 0.4) is 0 Å². The Morgan fingerprint density at radius 2 is 1.84 bits per heavy atom. The highest BCUT2D eigenvalue weighted by molar-refractivity contribution is 6.02. The molecule has 0 aliphatic carbocycles. The molecule has 0 unspecified atom stereocenters. The van der Waals surface area contributed by atoms with Gasteiger partial charge in [-0.25, -0.2) is 4.79 Å². The summed E-state index contributed by atoms with van der Waals surface area (Å²) in [6.07, 6.45) is 0. The quantitative estimate of drug-likeness (QED) is 0.589. The minimum absolute atomic E-state index is 0.0201. The van der Waals surface area contributed by atoms with Crippen molar-refractivity contribution in [2.75, 3.05) is 53.6 Å². The molecule has 8 nitrogen and oxygen atoms in total. The number of aromatic amines is 1. The second-order valence-electron chi connectivity index (χ2n) is 6.21. The lowest BCUT2D eigenvalue weighted by Gasteiger charge is -2.28. The number of hydrogen-bond donors (Lipinski definition) is 1. The van der Waals surface area contributed by atoms with Gasteiger partial charge < -0.3 is 19.4 Å². The van der Waals surface area contributed by atoms with Gasteiger partial charge in [0.05, 0.1) is 44.7 Å². The first-order valence-electron chi connectivity index (χ1n) is 8.19. The van der Waals surface area contributed by atoms with Crippen LogP contribution in [0.2, 0.25) is 0 Å². The molecule has 0 spiro atoms. The number of nitrogens with one attached hydrogen (secondary N) is 1. The number of ketones is 1. The van der Waals surface area contributed by atoms with Crippen LogP contribution in [0, 0.1) is 13.8 Å². The van der Waals surface area contributed by atoms with Crippen LogP contribution in [0.25, 0.3) is 0 Å². The normalized spacial score (nSPS) is 14.7. The van der Waals surface area contributed by atoms with Crippen molar-refractivity contribution in [3.63, 3.8) is 0 Å². The number of ether oxygens (including phenoxy) is 2. The van der Waals surface area contributed by atoms with Gasteiger partial charge in [-0.2, -0.15) is 0 Å². The van der Waals surface area contributed by atoms with Crippen LogP contribution in [-0.2, 0) is 14.3 Å². The van der Waals surface area contributed by atoms with E-state index in [1.54, 1.807) is 30.7 Å². The standard InChI is InChI=1S/C17H25N3O5/c1-11-15(17(23)24-4)12(2)18-16(11)13(21)9-19(3)10-14(22)20-5-7-25-8-6-20/h18H,5-10H2,1-4H3. The van der Waals surface area contributed by atoms with E-state index >= 15 is 0 Å². The number of methoxy groups -OCH3 is 1. The Bertz CT molecular complexity index is 661. The average Bonchev–Trinajstić information content (AvgIpc) is 2.89. The maximum atomic E-state index is 12.5. The highest BCUT2D eigenvalue weighted by atomic mass is 16.5. The SMILES string of the molecule is COC(=O)c1c(C)[nH]c(C(=O)CN(C)CC(=O)N2CCOCC2)c1C. The summed E-state index contributed by atoms with van der Waals surface area (Å²) in [4.78, 5) is 43.0. The molecule has 1 aromatic rings. The lowest BCUT2D eigenvalue weighted by molar-refractivity contribution is -0.136. The van der Waals surface area contributed by atoms with Crippen LogP contribution in [0.15, 0.2) is 0 Å². The first-order valence-corrected chi connectivity index (χ1v) is 8.19. The van der Waals surface area contributed by atoms with Gasteiger partial charge in [-0.3, -0.25) is 14.5 Å². The number of amides is 1. The van der Waals surface area contributed by atoms with E-state index in [2.05, 4.69) is 4.98 Å². The van der Waals surface area contributed by atoms with Crippen molar-refractivity contribution in [2.45, 2.75) is 13.8 Å². The molecular weight excluding hydrogens is 326 g/mol. The van der Waals surface area contributed by atoms with Crippen molar-refractivity contribution < 1.29 is 23.9 Å². The number of carbonyl (C=O) groups excluding carboxylic acids is 3. The Morgan fingerprint density at radius 3 is 2.44 bits per heavy atom. The fourth-order valence-corrected chi connectivity index (χ4v) is 2.96. The molecule has 1 fully saturated rings. The molecular formula is C17H25N3O5. The third-order valence-electron chi connectivity index (χ3n) is 4.29. The maximum Gasteiger partial charge on any atom is 0.339 e. The average molecular weight is 351 g/mol. The Kier molecular flexibility index (Phi) is 6.33. The maximum absolute atomic E-state index is 12.5. The van der Waals surface area contributed by atoms with Gasteiger partial charge in [-0.1, -0.05) is 0 Å². The van der Waals surface area contributed by atoms with Crippen molar-refractivity contribution in [1.29, 1.82) is 0 Å². The zero-order chi connectivity index (χ0) is 18.6. The van der Waals surface area contributed by atoms with Crippen LogP contribution < -0.4 is 0 Å². The van der Waals surface area contributed by atoms with E-state index in [9.17, 15) is 14.4 Å². The summed E-state index contributed by atoms with van der Waals surface area (Å²) in [6.45, 7) is 5.93. The molecule has 2 rings (SSSR count). The van der Waals surface area contributed by atoms with E-state index in [-0.39, 0.29) is 24.8 Å². The molecule has 25 heavy (non-hydrogen) atoms. The van der Waals surface area contributed by atoms with Crippen LogP contribution in [0.1, 0.15) is 32.1 Å². The predicted molar refractivity (Wildman–Crippen MR) is 90.8 cm³/mol. The van der Waals surface area contributed by atoms with Crippen molar-refractivity contribution in [2.24, 2.45) is 0 Å². The number of aromatic nitrogens is 1. The number of morpholine rings is 1. The van der Waals surface area contributed by atoms with Crippen LogP contribution >= 0.6 is 0 Å². The second-order valence-corrected chi connectivity index (χ2v) is 6.21. The summed E-state index contributed by atoms with van der Waals surface area (Å²) in [5, 5.41) is 0. The lowest BCUT2D eigenvalue weighted by atomic mass is 10.1. The first-order chi connectivity index (χ1) is 11.8. The summed E-state index contributed by atoms with van der Waals surface area (Å²) in [5.74, 6) is -0.664. The summed E-state index contributed by atoms with van der Waals surface area (Å²) < 4.78 is 9.98. The number of Topliss-reactive ketones (excluding diaryl/α,β-unsaturated/α-hetero) is 1. The van der Waals surface area contributed by atoms with Crippen molar-refractivity contribution in [1.82, 2.24) is 14.8 Å². The summed E-state index contributed by atoms with van der Waals surface area (Å²) in [5.41, 5.74) is 1.93. The van der Waals surface area contributed by atoms with Crippen molar-refractivity contribution >= 4 is 17.7 Å². The molecule has 8 heteroatoms. The minimum Gasteiger partial charge on any atom is -0.465 e. The topological polar surface area (TPSA) is 91.9 Å². The van der Waals surface area contributed by atoms with Crippen molar-refractivity contribution in [3.05, 3.63) is 22.5 Å². The first kappa shape index (κ1) is 19.1. The van der Waals surface area contributed by atoms with Gasteiger partial charge in [0.15, 0.2) is 5.78 Å². The van der Waals surface area contributed by atoms with Crippen LogP contribution in [0.5, 0.6) is 0 Å². The number of aryl methyl sites for hydroxylation is 1. The third-order valence-corrected chi connectivity index (χ3v) is 4.29. The number of rotatable bonds is 6. The molecule has 1 saturated heterocycles. The zero-order valence-electron chi connectivity index (χ0n) is 15.2. The number of H-pyrrole nitrogens is 1. The Labute approximate surface area is 147 Å². The number of likely N-dealkylation sites (N-methyl/N-ethyl adjacent to an activating group) is 1. The number of esters is 1.